The molecule has 1 aliphatic heterocycles. The molecule has 0 aromatic carbocycles. The van der Waals surface area contributed by atoms with Gasteiger partial charge in [0.25, 0.3) is 0 Å². The van der Waals surface area contributed by atoms with Crippen LogP contribution in [0.3, 0.4) is 0 Å². The van der Waals surface area contributed by atoms with Gasteiger partial charge in [0.05, 0.1) is 0 Å². The van der Waals surface area contributed by atoms with Crippen LogP contribution in [0.1, 0.15) is 52.4 Å². The summed E-state index contributed by atoms with van der Waals surface area (Å²) in [5, 5.41) is 0. The Morgan fingerprint density at radius 3 is 2.82 bits per heavy atom. The monoisotopic (exact) mass is 241 g/mol. The van der Waals surface area contributed by atoms with E-state index in [2.05, 4.69) is 24.2 Å². The maximum Gasteiger partial charge on any atom is 0.233 e. The molecule has 100 valence electrons. The average molecular weight is 241 g/mol. The molecule has 0 aliphatic carbocycles. The highest BCUT2D eigenvalue weighted by Gasteiger charge is 2.25. The lowest BCUT2D eigenvalue weighted by Crippen LogP contribution is -2.34. The van der Waals surface area contributed by atoms with E-state index in [1.54, 1.807) is 0 Å². The second-order valence-corrected chi connectivity index (χ2v) is 5.37. The predicted molar refractivity (Wildman–Crippen MR) is 70.2 cm³/mol. The molecule has 17 heavy (non-hydrogen) atoms. The molecule has 1 saturated heterocycles. The molecule has 0 bridgehead atoms. The lowest BCUT2D eigenvalue weighted by Gasteiger charge is -2.27. The van der Waals surface area contributed by atoms with Crippen LogP contribution in [-0.4, -0.2) is 29.9 Å². The summed E-state index contributed by atoms with van der Waals surface area (Å²) in [4.78, 5) is 13.5. The van der Waals surface area contributed by atoms with Crippen LogP contribution in [0.15, 0.2) is 0 Å². The Kier molecular flexibility index (Phi) is 6.52. The molecule has 4 nitrogen and oxygen atoms in total. The van der Waals surface area contributed by atoms with Crippen molar-refractivity contribution in [1.82, 2.24) is 10.3 Å². The smallest absolute Gasteiger partial charge is 0.233 e. The Morgan fingerprint density at radius 1 is 1.41 bits per heavy atom. The summed E-state index contributed by atoms with van der Waals surface area (Å²) in [7, 11) is 0. The van der Waals surface area contributed by atoms with E-state index >= 15 is 0 Å². The summed E-state index contributed by atoms with van der Waals surface area (Å²) in [6.07, 6.45) is 6.52. The summed E-state index contributed by atoms with van der Waals surface area (Å²) in [6.45, 7) is 7.07. The van der Waals surface area contributed by atoms with Crippen molar-refractivity contribution in [2.24, 2.45) is 11.8 Å². The SMILES string of the molecule is CC(C)C1CCCN1CCCCCC(=O)NN. The fourth-order valence-electron chi connectivity index (χ4n) is 2.73. The van der Waals surface area contributed by atoms with E-state index in [0.29, 0.717) is 6.42 Å². The minimum absolute atomic E-state index is 0.0498. The maximum absolute atomic E-state index is 10.9. The zero-order valence-electron chi connectivity index (χ0n) is 11.2. The molecule has 0 aromatic heterocycles. The third kappa shape index (κ3) is 5.04. The summed E-state index contributed by atoms with van der Waals surface area (Å²) in [5.41, 5.74) is 2.17. The van der Waals surface area contributed by atoms with Crippen molar-refractivity contribution >= 4 is 5.91 Å². The first-order valence-electron chi connectivity index (χ1n) is 6.88. The molecule has 1 aliphatic rings. The van der Waals surface area contributed by atoms with Gasteiger partial charge in [-0.1, -0.05) is 20.3 Å². The van der Waals surface area contributed by atoms with Crippen LogP contribution in [0.5, 0.6) is 0 Å². The van der Waals surface area contributed by atoms with Crippen LogP contribution in [-0.2, 0) is 4.79 Å². The van der Waals surface area contributed by atoms with Crippen LogP contribution in [0.4, 0.5) is 0 Å². The maximum atomic E-state index is 10.9. The van der Waals surface area contributed by atoms with Crippen molar-refractivity contribution < 1.29 is 4.79 Å². The molecule has 1 rings (SSSR count). The van der Waals surface area contributed by atoms with Crippen molar-refractivity contribution in [3.05, 3.63) is 0 Å². The fourth-order valence-corrected chi connectivity index (χ4v) is 2.73. The Balaban J connectivity index is 2.08. The summed E-state index contributed by atoms with van der Waals surface area (Å²) < 4.78 is 0. The number of unbranched alkanes of at least 4 members (excludes halogenated alkanes) is 2. The number of likely N-dealkylation sites (tertiary alicyclic amines) is 1. The molecule has 1 atom stereocenters. The van der Waals surface area contributed by atoms with E-state index in [1.807, 2.05) is 0 Å². The zero-order chi connectivity index (χ0) is 12.7. The minimum Gasteiger partial charge on any atom is -0.300 e. The van der Waals surface area contributed by atoms with Gasteiger partial charge in [0.2, 0.25) is 5.91 Å². The van der Waals surface area contributed by atoms with Gasteiger partial charge in [-0.2, -0.15) is 0 Å². The molecule has 3 N–H and O–H groups in total. The van der Waals surface area contributed by atoms with Gasteiger partial charge in [0.1, 0.15) is 0 Å². The van der Waals surface area contributed by atoms with Crippen molar-refractivity contribution in [1.29, 1.82) is 0 Å². The van der Waals surface area contributed by atoms with E-state index < -0.39 is 0 Å². The molecule has 1 heterocycles. The molecule has 0 aromatic rings. The van der Waals surface area contributed by atoms with Crippen molar-refractivity contribution in [2.75, 3.05) is 13.1 Å². The highest BCUT2D eigenvalue weighted by atomic mass is 16.2. The number of nitrogens with one attached hydrogen (secondary N) is 1. The Labute approximate surface area is 105 Å². The van der Waals surface area contributed by atoms with E-state index in [4.69, 9.17) is 5.84 Å². The van der Waals surface area contributed by atoms with Gasteiger partial charge in [0.15, 0.2) is 0 Å². The first kappa shape index (κ1) is 14.5. The lowest BCUT2D eigenvalue weighted by molar-refractivity contribution is -0.121. The second-order valence-electron chi connectivity index (χ2n) is 5.37. The topological polar surface area (TPSA) is 58.4 Å². The lowest BCUT2D eigenvalue weighted by atomic mass is 10.0. The molecule has 0 radical (unpaired) electrons. The molecular formula is C13H27N3O. The van der Waals surface area contributed by atoms with Crippen molar-refractivity contribution in [3.8, 4) is 0 Å². The highest BCUT2D eigenvalue weighted by Crippen LogP contribution is 2.23. The first-order valence-corrected chi connectivity index (χ1v) is 6.88. The number of amides is 1. The second kappa shape index (κ2) is 7.67. The van der Waals surface area contributed by atoms with Crippen molar-refractivity contribution in [3.63, 3.8) is 0 Å². The number of hydrogen-bond acceptors (Lipinski definition) is 3. The van der Waals surface area contributed by atoms with Crippen LogP contribution < -0.4 is 11.3 Å². The number of hydrogen-bond donors (Lipinski definition) is 2. The molecule has 4 heteroatoms. The molecular weight excluding hydrogens is 214 g/mol. The van der Waals surface area contributed by atoms with Crippen molar-refractivity contribution in [2.45, 2.75) is 58.4 Å². The highest BCUT2D eigenvalue weighted by molar-refractivity contribution is 5.74. The van der Waals surface area contributed by atoms with E-state index in [-0.39, 0.29) is 5.91 Å². The molecule has 0 spiro atoms. The van der Waals surface area contributed by atoms with Gasteiger partial charge in [-0.3, -0.25) is 10.2 Å². The Hall–Kier alpha value is -0.610. The van der Waals surface area contributed by atoms with Gasteiger partial charge >= 0.3 is 0 Å². The number of carbonyl (C=O) groups is 1. The molecule has 0 saturated carbocycles. The number of nitrogens with zero attached hydrogens (tertiary/aromatic N) is 1. The van der Waals surface area contributed by atoms with E-state index in [9.17, 15) is 4.79 Å². The summed E-state index contributed by atoms with van der Waals surface area (Å²) in [6, 6.07) is 0.780. The number of hydrazine groups is 1. The largest absolute Gasteiger partial charge is 0.300 e. The molecule has 1 amide bonds. The van der Waals surface area contributed by atoms with Crippen LogP contribution in [0, 0.1) is 5.92 Å². The number of carbonyl (C=O) groups excluding carboxylic acids is 1. The summed E-state index contributed by atoms with van der Waals surface area (Å²) in [5.74, 6) is 5.74. The quantitative estimate of drug-likeness (QED) is 0.308. The normalized spacial score (nSPS) is 21.1. The number of rotatable bonds is 7. The van der Waals surface area contributed by atoms with Gasteiger partial charge < -0.3 is 4.90 Å². The van der Waals surface area contributed by atoms with Gasteiger partial charge in [-0.05, 0) is 44.7 Å². The number of nitrogens with two attached hydrogens (primary N) is 1. The van der Waals surface area contributed by atoms with E-state index in [1.165, 1.54) is 32.4 Å². The third-order valence-electron chi connectivity index (χ3n) is 3.69. The van der Waals surface area contributed by atoms with Crippen LogP contribution >= 0.6 is 0 Å². The zero-order valence-corrected chi connectivity index (χ0v) is 11.2. The first-order chi connectivity index (χ1) is 8.15. The van der Waals surface area contributed by atoms with Gasteiger partial charge in [0, 0.05) is 12.5 Å². The minimum atomic E-state index is -0.0498. The Morgan fingerprint density at radius 2 is 2.18 bits per heavy atom. The van der Waals surface area contributed by atoms with Crippen LogP contribution in [0.25, 0.3) is 0 Å². The van der Waals surface area contributed by atoms with Gasteiger partial charge in [-0.15, -0.1) is 0 Å². The predicted octanol–water partition coefficient (Wildman–Crippen LogP) is 1.66. The Bertz CT molecular complexity index is 231. The standard InChI is InChI=1S/C13H27N3O/c1-11(2)12-7-6-10-16(12)9-5-3-4-8-13(17)15-14/h11-12H,3-10,14H2,1-2H3,(H,15,17). The van der Waals surface area contributed by atoms with E-state index in [0.717, 1.165) is 24.8 Å². The molecule has 1 fully saturated rings. The van der Waals surface area contributed by atoms with Crippen LogP contribution in [0.2, 0.25) is 0 Å². The fraction of sp³-hybridized carbons (Fsp3) is 0.923. The average Bonchev–Trinajstić information content (AvgIpc) is 2.76. The van der Waals surface area contributed by atoms with Gasteiger partial charge in [-0.25, -0.2) is 5.84 Å². The third-order valence-corrected chi connectivity index (χ3v) is 3.69. The summed E-state index contributed by atoms with van der Waals surface area (Å²) >= 11 is 0. The molecule has 1 unspecified atom stereocenters.